The molecule has 2 aromatic heterocycles. The van der Waals surface area contributed by atoms with E-state index < -0.39 is 0 Å². The molecule has 0 spiro atoms. The molecule has 1 aliphatic rings. The number of benzene rings is 3. The minimum Gasteiger partial charge on any atom is -0.508 e. The lowest BCUT2D eigenvalue weighted by Gasteiger charge is -2.18. The molecule has 0 bridgehead atoms. The minimum absolute atomic E-state index is 0.119. The van der Waals surface area contributed by atoms with Crippen LogP contribution in [0.5, 0.6) is 5.75 Å². The van der Waals surface area contributed by atoms with E-state index in [1.807, 2.05) is 24.4 Å². The normalized spacial score (nSPS) is 16.3. The van der Waals surface area contributed by atoms with Crippen molar-refractivity contribution in [2.75, 3.05) is 0 Å². The topological polar surface area (TPSA) is 92.9 Å². The summed E-state index contributed by atoms with van der Waals surface area (Å²) in [5.41, 5.74) is 6.80. The van der Waals surface area contributed by atoms with Crippen LogP contribution in [0.4, 0.5) is 0 Å². The molecule has 2 atom stereocenters. The molecule has 0 fully saturated rings. The molecule has 3 aromatic carbocycles. The number of aromatic amines is 2. The quantitative estimate of drug-likeness (QED) is 0.267. The number of aromatic hydroxyl groups is 1. The van der Waals surface area contributed by atoms with E-state index in [4.69, 9.17) is 0 Å². The van der Waals surface area contributed by atoms with Crippen molar-refractivity contribution in [3.63, 3.8) is 0 Å². The molecule has 0 saturated heterocycles. The Hall–Kier alpha value is -4.03. The zero-order valence-electron chi connectivity index (χ0n) is 18.1. The number of nitrogens with one attached hydrogen (secondary N) is 4. The molecule has 1 unspecified atom stereocenters. The number of phenolic OH excluding ortho intramolecular Hbond substituents is 1. The fraction of sp³-hybridized carbons (Fsp3) is 0.148. The van der Waals surface area contributed by atoms with Crippen LogP contribution >= 0.6 is 0 Å². The van der Waals surface area contributed by atoms with Gasteiger partial charge in [-0.3, -0.25) is 4.79 Å². The number of carbonyl (C=O) groups is 1. The Morgan fingerprint density at radius 3 is 2.82 bits per heavy atom. The van der Waals surface area contributed by atoms with Gasteiger partial charge in [-0.2, -0.15) is 0 Å². The first kappa shape index (κ1) is 19.6. The van der Waals surface area contributed by atoms with E-state index in [1.165, 1.54) is 10.9 Å². The average molecular weight is 437 g/mol. The van der Waals surface area contributed by atoms with Gasteiger partial charge in [0.15, 0.2) is 0 Å². The molecule has 0 aliphatic carbocycles. The second-order valence-electron chi connectivity index (χ2n) is 8.67. The predicted molar refractivity (Wildman–Crippen MR) is 129 cm³/mol. The number of rotatable bonds is 5. The standard InChI is InChI=1S/C27H24N4O2/c1-15(17-7-6-16-10-11-28-23(16)12-17)29-14-24-25(20-4-2-3-5-22(20)30-24)26-21-13-18(32)8-9-19(21)27(33)31-26/h2-13,15,26,28-30,32H,14H2,1H3,(H,31,33)/t15-,26?/m1/s1. The first-order chi connectivity index (χ1) is 16.1. The van der Waals surface area contributed by atoms with Gasteiger partial charge in [0.1, 0.15) is 5.75 Å². The summed E-state index contributed by atoms with van der Waals surface area (Å²) in [5.74, 6) is 0.0370. The van der Waals surface area contributed by atoms with Gasteiger partial charge in [-0.15, -0.1) is 0 Å². The predicted octanol–water partition coefficient (Wildman–Crippen LogP) is 5.04. The van der Waals surface area contributed by atoms with E-state index in [2.05, 4.69) is 57.9 Å². The van der Waals surface area contributed by atoms with Crippen LogP contribution < -0.4 is 10.6 Å². The van der Waals surface area contributed by atoms with Crippen molar-refractivity contribution in [2.45, 2.75) is 25.6 Å². The van der Waals surface area contributed by atoms with Crippen LogP contribution in [0, 0.1) is 0 Å². The summed E-state index contributed by atoms with van der Waals surface area (Å²) in [4.78, 5) is 19.5. The van der Waals surface area contributed by atoms with Crippen LogP contribution in [0.1, 0.15) is 51.7 Å². The highest BCUT2D eigenvalue weighted by atomic mass is 16.3. The Balaban J connectivity index is 1.36. The Kier molecular flexibility index (Phi) is 4.48. The largest absolute Gasteiger partial charge is 0.508 e. The van der Waals surface area contributed by atoms with Crippen LogP contribution in [0.3, 0.4) is 0 Å². The fourth-order valence-electron chi connectivity index (χ4n) is 4.91. The summed E-state index contributed by atoms with van der Waals surface area (Å²) >= 11 is 0. The van der Waals surface area contributed by atoms with E-state index in [0.717, 1.165) is 33.2 Å². The molecule has 0 saturated carbocycles. The van der Waals surface area contributed by atoms with Gasteiger partial charge >= 0.3 is 0 Å². The minimum atomic E-state index is -0.321. The summed E-state index contributed by atoms with van der Waals surface area (Å²) < 4.78 is 0. The van der Waals surface area contributed by atoms with Gasteiger partial charge in [0.05, 0.1) is 6.04 Å². The van der Waals surface area contributed by atoms with Crippen LogP contribution in [0.25, 0.3) is 21.8 Å². The highest BCUT2D eigenvalue weighted by Gasteiger charge is 2.33. The maximum absolute atomic E-state index is 12.6. The molecule has 164 valence electrons. The van der Waals surface area contributed by atoms with Gasteiger partial charge in [0.25, 0.3) is 5.91 Å². The maximum Gasteiger partial charge on any atom is 0.252 e. The van der Waals surface area contributed by atoms with Crippen molar-refractivity contribution >= 4 is 27.7 Å². The molecular formula is C27H24N4O2. The molecule has 3 heterocycles. The maximum atomic E-state index is 12.6. The molecule has 33 heavy (non-hydrogen) atoms. The zero-order chi connectivity index (χ0) is 22.5. The van der Waals surface area contributed by atoms with E-state index in [-0.39, 0.29) is 23.7 Å². The molecule has 5 N–H and O–H groups in total. The number of H-pyrrole nitrogens is 2. The van der Waals surface area contributed by atoms with E-state index in [9.17, 15) is 9.90 Å². The summed E-state index contributed by atoms with van der Waals surface area (Å²) in [5, 5.41) is 19.1. The Morgan fingerprint density at radius 1 is 1.03 bits per heavy atom. The van der Waals surface area contributed by atoms with E-state index in [0.29, 0.717) is 12.1 Å². The van der Waals surface area contributed by atoms with Crippen molar-refractivity contribution < 1.29 is 9.90 Å². The molecular weight excluding hydrogens is 412 g/mol. The first-order valence-corrected chi connectivity index (χ1v) is 11.1. The average Bonchev–Trinajstić information content (AvgIpc) is 3.52. The lowest BCUT2D eigenvalue weighted by molar-refractivity contribution is 0.0960. The van der Waals surface area contributed by atoms with Gasteiger partial charge in [0.2, 0.25) is 0 Å². The molecule has 1 amide bonds. The number of hydrogen-bond acceptors (Lipinski definition) is 3. The van der Waals surface area contributed by atoms with Crippen molar-refractivity contribution in [1.82, 2.24) is 20.6 Å². The molecule has 6 nitrogen and oxygen atoms in total. The third-order valence-corrected chi connectivity index (χ3v) is 6.65. The Labute approximate surface area is 190 Å². The molecule has 5 aromatic rings. The summed E-state index contributed by atoms with van der Waals surface area (Å²) in [6, 6.07) is 21.4. The van der Waals surface area contributed by atoms with Crippen molar-refractivity contribution in [1.29, 1.82) is 0 Å². The van der Waals surface area contributed by atoms with Crippen molar-refractivity contribution in [3.05, 3.63) is 101 Å². The lowest BCUT2D eigenvalue weighted by atomic mass is 9.95. The van der Waals surface area contributed by atoms with Crippen molar-refractivity contribution in [2.24, 2.45) is 0 Å². The van der Waals surface area contributed by atoms with E-state index in [1.54, 1.807) is 18.2 Å². The van der Waals surface area contributed by atoms with Gasteiger partial charge in [-0.05, 0) is 59.8 Å². The lowest BCUT2D eigenvalue weighted by Crippen LogP contribution is -2.23. The third-order valence-electron chi connectivity index (χ3n) is 6.65. The van der Waals surface area contributed by atoms with Crippen LogP contribution in [0.2, 0.25) is 0 Å². The number of carbonyl (C=O) groups excluding carboxylic acids is 1. The molecule has 6 heteroatoms. The SMILES string of the molecule is C[C@@H](NCc1[nH]c2ccccc2c1C1NC(=O)c2ccc(O)cc21)c1ccc2cc[nH]c2c1. The van der Waals surface area contributed by atoms with Gasteiger partial charge in [-0.25, -0.2) is 0 Å². The number of para-hydroxylation sites is 1. The highest BCUT2D eigenvalue weighted by molar-refractivity contribution is 6.01. The first-order valence-electron chi connectivity index (χ1n) is 11.1. The Bertz CT molecular complexity index is 1510. The summed E-state index contributed by atoms with van der Waals surface area (Å²) in [6.45, 7) is 2.76. The summed E-state index contributed by atoms with van der Waals surface area (Å²) in [6.07, 6.45) is 1.95. The van der Waals surface area contributed by atoms with Gasteiger partial charge in [0, 0.05) is 52.0 Å². The van der Waals surface area contributed by atoms with Crippen molar-refractivity contribution in [3.8, 4) is 5.75 Å². The number of aromatic nitrogens is 2. The van der Waals surface area contributed by atoms with Crippen LogP contribution in [-0.4, -0.2) is 21.0 Å². The highest BCUT2D eigenvalue weighted by Crippen LogP contribution is 2.38. The Morgan fingerprint density at radius 2 is 1.91 bits per heavy atom. The second-order valence-corrected chi connectivity index (χ2v) is 8.67. The van der Waals surface area contributed by atoms with Crippen LogP contribution in [0.15, 0.2) is 72.9 Å². The number of amides is 1. The smallest absolute Gasteiger partial charge is 0.252 e. The van der Waals surface area contributed by atoms with Gasteiger partial charge < -0.3 is 25.7 Å². The van der Waals surface area contributed by atoms with Crippen LogP contribution in [-0.2, 0) is 6.54 Å². The second kappa shape index (κ2) is 7.53. The van der Waals surface area contributed by atoms with Gasteiger partial charge in [-0.1, -0.05) is 30.3 Å². The third kappa shape index (κ3) is 3.27. The number of phenols is 1. The fourth-order valence-corrected chi connectivity index (χ4v) is 4.91. The van der Waals surface area contributed by atoms with E-state index >= 15 is 0 Å². The molecule has 0 radical (unpaired) electrons. The molecule has 6 rings (SSSR count). The number of fused-ring (bicyclic) bond motifs is 3. The molecule has 1 aliphatic heterocycles. The zero-order valence-corrected chi connectivity index (χ0v) is 18.1. The monoisotopic (exact) mass is 436 g/mol. The number of hydrogen-bond donors (Lipinski definition) is 5. The summed E-state index contributed by atoms with van der Waals surface area (Å²) in [7, 11) is 0.